The standard InChI is InChI=1S/C25H33N3O4/c1-31-17-21-5-3-2-4-20(21)15-28-12-13-32-24-14-19(6-7-23(24)28)25(30)27-22(16-29)18-8-10-26-11-9-18/h2-7,14,18,22,26,29H,8-13,15-17H2,1H3,(H,27,30). The lowest BCUT2D eigenvalue weighted by atomic mass is 9.90. The molecule has 0 bridgehead atoms. The Kier molecular flexibility index (Phi) is 7.63. The van der Waals surface area contributed by atoms with Gasteiger partial charge in [0.25, 0.3) is 5.91 Å². The average Bonchev–Trinajstić information content (AvgIpc) is 2.84. The van der Waals surface area contributed by atoms with Crippen LogP contribution in [0.5, 0.6) is 5.75 Å². The summed E-state index contributed by atoms with van der Waals surface area (Å²) in [6.45, 7) is 4.48. The monoisotopic (exact) mass is 439 g/mol. The fraction of sp³-hybridized carbons (Fsp3) is 0.480. The van der Waals surface area contributed by atoms with Crippen molar-refractivity contribution in [2.24, 2.45) is 5.92 Å². The Morgan fingerprint density at radius 1 is 1.25 bits per heavy atom. The number of benzene rings is 2. The first-order chi connectivity index (χ1) is 15.7. The van der Waals surface area contributed by atoms with Gasteiger partial charge in [0.1, 0.15) is 12.4 Å². The van der Waals surface area contributed by atoms with E-state index in [1.54, 1.807) is 7.11 Å². The molecule has 172 valence electrons. The fourth-order valence-corrected chi connectivity index (χ4v) is 4.61. The summed E-state index contributed by atoms with van der Waals surface area (Å²) in [4.78, 5) is 15.2. The van der Waals surface area contributed by atoms with Gasteiger partial charge in [0, 0.05) is 19.2 Å². The van der Waals surface area contributed by atoms with E-state index in [-0.39, 0.29) is 18.6 Å². The zero-order valence-corrected chi connectivity index (χ0v) is 18.7. The molecule has 7 heteroatoms. The van der Waals surface area contributed by atoms with Crippen molar-refractivity contribution in [3.63, 3.8) is 0 Å². The van der Waals surface area contributed by atoms with Gasteiger partial charge in [-0.25, -0.2) is 0 Å². The molecule has 2 aliphatic heterocycles. The van der Waals surface area contributed by atoms with Gasteiger partial charge in [0.15, 0.2) is 0 Å². The molecular weight excluding hydrogens is 406 g/mol. The first kappa shape index (κ1) is 22.6. The van der Waals surface area contributed by atoms with Crippen molar-refractivity contribution in [3.8, 4) is 5.75 Å². The van der Waals surface area contributed by atoms with E-state index < -0.39 is 0 Å². The van der Waals surface area contributed by atoms with Gasteiger partial charge in [-0.1, -0.05) is 24.3 Å². The summed E-state index contributed by atoms with van der Waals surface area (Å²) < 4.78 is 11.2. The van der Waals surface area contributed by atoms with E-state index in [1.807, 2.05) is 30.3 Å². The van der Waals surface area contributed by atoms with Crippen LogP contribution in [0.1, 0.15) is 34.3 Å². The van der Waals surface area contributed by atoms with Gasteiger partial charge in [0.2, 0.25) is 0 Å². The highest BCUT2D eigenvalue weighted by atomic mass is 16.5. The number of piperidine rings is 1. The van der Waals surface area contributed by atoms with Crippen LogP contribution in [0.25, 0.3) is 0 Å². The summed E-state index contributed by atoms with van der Waals surface area (Å²) in [5, 5.41) is 16.2. The highest BCUT2D eigenvalue weighted by molar-refractivity contribution is 5.95. The predicted molar refractivity (Wildman–Crippen MR) is 124 cm³/mol. The van der Waals surface area contributed by atoms with Crippen molar-refractivity contribution in [2.75, 3.05) is 44.9 Å². The fourth-order valence-electron chi connectivity index (χ4n) is 4.61. The number of aliphatic hydroxyl groups excluding tert-OH is 1. The van der Waals surface area contributed by atoms with Crippen LogP contribution in [0, 0.1) is 5.92 Å². The maximum absolute atomic E-state index is 12.9. The van der Waals surface area contributed by atoms with Crippen molar-refractivity contribution >= 4 is 11.6 Å². The number of fused-ring (bicyclic) bond motifs is 1. The van der Waals surface area contributed by atoms with Crippen LogP contribution < -0.4 is 20.3 Å². The molecule has 2 aliphatic rings. The first-order valence-electron chi connectivity index (χ1n) is 11.4. The highest BCUT2D eigenvalue weighted by Gasteiger charge is 2.26. The second-order valence-corrected chi connectivity index (χ2v) is 8.50. The Bertz CT molecular complexity index is 914. The van der Waals surface area contributed by atoms with E-state index in [4.69, 9.17) is 9.47 Å². The Morgan fingerprint density at radius 2 is 2.03 bits per heavy atom. The molecule has 32 heavy (non-hydrogen) atoms. The first-order valence-corrected chi connectivity index (χ1v) is 11.4. The molecule has 3 N–H and O–H groups in total. The molecule has 1 fully saturated rings. The van der Waals surface area contributed by atoms with E-state index in [2.05, 4.69) is 27.7 Å². The van der Waals surface area contributed by atoms with Gasteiger partial charge in [-0.15, -0.1) is 0 Å². The van der Waals surface area contributed by atoms with Crippen LogP contribution in [-0.4, -0.2) is 57.0 Å². The SMILES string of the molecule is COCc1ccccc1CN1CCOc2cc(C(=O)NC(CO)C3CCNCC3)ccc21. The maximum atomic E-state index is 12.9. The second-order valence-electron chi connectivity index (χ2n) is 8.50. The van der Waals surface area contributed by atoms with Gasteiger partial charge < -0.3 is 30.1 Å². The summed E-state index contributed by atoms with van der Waals surface area (Å²) in [5.41, 5.74) is 3.93. The van der Waals surface area contributed by atoms with Crippen molar-refractivity contribution in [2.45, 2.75) is 32.0 Å². The predicted octanol–water partition coefficient (Wildman–Crippen LogP) is 2.32. The van der Waals surface area contributed by atoms with Crippen LogP contribution in [0.15, 0.2) is 42.5 Å². The van der Waals surface area contributed by atoms with E-state index in [9.17, 15) is 9.90 Å². The van der Waals surface area contributed by atoms with Gasteiger partial charge in [0.05, 0.1) is 31.5 Å². The largest absolute Gasteiger partial charge is 0.490 e. The summed E-state index contributed by atoms with van der Waals surface area (Å²) in [5.74, 6) is 0.842. The lowest BCUT2D eigenvalue weighted by Crippen LogP contribution is -2.46. The van der Waals surface area contributed by atoms with Gasteiger partial charge in [-0.05, 0) is 61.2 Å². The molecule has 0 radical (unpaired) electrons. The second kappa shape index (κ2) is 10.8. The van der Waals surface area contributed by atoms with Gasteiger partial charge in [-0.3, -0.25) is 4.79 Å². The molecule has 0 saturated carbocycles. The Hall–Kier alpha value is -2.61. The molecule has 0 aromatic heterocycles. The minimum absolute atomic E-state index is 0.0491. The molecule has 1 amide bonds. The third-order valence-corrected chi connectivity index (χ3v) is 6.43. The van der Waals surface area contributed by atoms with Crippen molar-refractivity contribution in [3.05, 3.63) is 59.2 Å². The van der Waals surface area contributed by atoms with Gasteiger partial charge >= 0.3 is 0 Å². The maximum Gasteiger partial charge on any atom is 0.251 e. The number of methoxy groups -OCH3 is 1. The summed E-state index contributed by atoms with van der Waals surface area (Å²) >= 11 is 0. The number of ether oxygens (including phenoxy) is 2. The topological polar surface area (TPSA) is 83.1 Å². The van der Waals surface area contributed by atoms with Crippen molar-refractivity contribution < 1.29 is 19.4 Å². The third kappa shape index (κ3) is 5.23. The average molecular weight is 440 g/mol. The quantitative estimate of drug-likeness (QED) is 0.586. The Balaban J connectivity index is 1.47. The number of anilines is 1. The van der Waals surface area contributed by atoms with Crippen LogP contribution >= 0.6 is 0 Å². The molecule has 1 saturated heterocycles. The van der Waals surface area contributed by atoms with Crippen molar-refractivity contribution in [1.82, 2.24) is 10.6 Å². The number of amides is 1. The summed E-state index contributed by atoms with van der Waals surface area (Å²) in [7, 11) is 1.71. The minimum atomic E-state index is -0.227. The smallest absolute Gasteiger partial charge is 0.251 e. The van der Waals surface area contributed by atoms with E-state index in [1.165, 1.54) is 11.1 Å². The molecule has 2 aromatic rings. The van der Waals surface area contributed by atoms with E-state index in [0.29, 0.717) is 24.7 Å². The molecule has 0 aliphatic carbocycles. The molecule has 7 nitrogen and oxygen atoms in total. The van der Waals surface area contributed by atoms with E-state index >= 15 is 0 Å². The lowest BCUT2D eigenvalue weighted by molar-refractivity contribution is 0.0874. The molecule has 4 rings (SSSR count). The van der Waals surface area contributed by atoms with E-state index in [0.717, 1.165) is 50.5 Å². The number of hydrogen-bond acceptors (Lipinski definition) is 6. The number of nitrogens with zero attached hydrogens (tertiary/aromatic N) is 1. The summed E-state index contributed by atoms with van der Waals surface area (Å²) in [6.07, 6.45) is 1.91. The van der Waals surface area contributed by atoms with Crippen LogP contribution in [0.4, 0.5) is 5.69 Å². The summed E-state index contributed by atoms with van der Waals surface area (Å²) in [6, 6.07) is 13.7. The zero-order valence-electron chi connectivity index (χ0n) is 18.7. The molecule has 1 unspecified atom stereocenters. The lowest BCUT2D eigenvalue weighted by Gasteiger charge is -2.32. The Labute approximate surface area is 189 Å². The molecule has 1 atom stereocenters. The number of carbonyl (C=O) groups excluding carboxylic acids is 1. The number of hydrogen-bond donors (Lipinski definition) is 3. The highest BCUT2D eigenvalue weighted by Crippen LogP contribution is 2.34. The molecule has 2 aromatic carbocycles. The van der Waals surface area contributed by atoms with Crippen molar-refractivity contribution in [1.29, 1.82) is 0 Å². The molecule has 2 heterocycles. The van der Waals surface area contributed by atoms with Crippen LogP contribution in [0.3, 0.4) is 0 Å². The number of rotatable bonds is 8. The Morgan fingerprint density at radius 3 is 2.78 bits per heavy atom. The number of nitrogens with one attached hydrogen (secondary N) is 2. The molecular formula is C25H33N3O4. The normalized spacial score (nSPS) is 17.4. The third-order valence-electron chi connectivity index (χ3n) is 6.43. The van der Waals surface area contributed by atoms with Crippen LogP contribution in [0.2, 0.25) is 0 Å². The van der Waals surface area contributed by atoms with Crippen LogP contribution in [-0.2, 0) is 17.9 Å². The molecule has 0 spiro atoms. The number of aliphatic hydroxyl groups is 1. The van der Waals surface area contributed by atoms with Gasteiger partial charge in [-0.2, -0.15) is 0 Å². The zero-order chi connectivity index (χ0) is 22.3. The minimum Gasteiger partial charge on any atom is -0.490 e. The number of carbonyl (C=O) groups is 1.